The van der Waals surface area contributed by atoms with Gasteiger partial charge in [-0.15, -0.1) is 11.6 Å². The maximum absolute atomic E-state index is 5.62. The van der Waals surface area contributed by atoms with E-state index in [1.54, 1.807) is 0 Å². The van der Waals surface area contributed by atoms with Crippen molar-refractivity contribution in [2.45, 2.75) is 25.8 Å². The molecule has 0 bridgehead atoms. The third kappa shape index (κ3) is 1.84. The van der Waals surface area contributed by atoms with Crippen molar-refractivity contribution < 1.29 is 0 Å². The first-order chi connectivity index (χ1) is 4.34. The molecule has 0 amide bonds. The van der Waals surface area contributed by atoms with Gasteiger partial charge in [0.1, 0.15) is 0 Å². The summed E-state index contributed by atoms with van der Waals surface area (Å²) in [5.74, 6) is 1.65. The lowest BCUT2D eigenvalue weighted by molar-refractivity contribution is 0.465. The van der Waals surface area contributed by atoms with Crippen molar-refractivity contribution in [3.8, 4) is 0 Å². The zero-order chi connectivity index (χ0) is 6.69. The van der Waals surface area contributed by atoms with E-state index in [0.29, 0.717) is 6.04 Å². The number of rotatable bonds is 2. The lowest BCUT2D eigenvalue weighted by atomic mass is 9.99. The highest BCUT2D eigenvalue weighted by atomic mass is 35.5. The second-order valence-electron chi connectivity index (χ2n) is 2.77. The standard InChI is InChI=1S/C7H14ClN/c1-6-7(2-4-8)3-5-9-6/h6-7,9H,2-5H2,1H3. The lowest BCUT2D eigenvalue weighted by Crippen LogP contribution is -2.22. The second kappa shape index (κ2) is 3.43. The van der Waals surface area contributed by atoms with E-state index >= 15 is 0 Å². The minimum atomic E-state index is 0.698. The van der Waals surface area contributed by atoms with Gasteiger partial charge < -0.3 is 5.32 Å². The number of alkyl halides is 1. The first-order valence-electron chi connectivity index (χ1n) is 3.64. The van der Waals surface area contributed by atoms with Crippen molar-refractivity contribution in [2.24, 2.45) is 5.92 Å². The normalized spacial score (nSPS) is 35.3. The van der Waals surface area contributed by atoms with Crippen LogP contribution in [0.25, 0.3) is 0 Å². The van der Waals surface area contributed by atoms with Gasteiger partial charge in [-0.3, -0.25) is 0 Å². The molecule has 1 nitrogen and oxygen atoms in total. The van der Waals surface area contributed by atoms with Crippen LogP contribution in [0.1, 0.15) is 19.8 Å². The van der Waals surface area contributed by atoms with Gasteiger partial charge in [-0.05, 0) is 32.2 Å². The molecule has 2 heteroatoms. The molecule has 0 aromatic carbocycles. The van der Waals surface area contributed by atoms with Crippen LogP contribution in [-0.4, -0.2) is 18.5 Å². The first-order valence-corrected chi connectivity index (χ1v) is 4.17. The van der Waals surface area contributed by atoms with Gasteiger partial charge in [0.05, 0.1) is 0 Å². The Hall–Kier alpha value is 0.250. The molecule has 2 unspecified atom stereocenters. The van der Waals surface area contributed by atoms with E-state index in [0.717, 1.165) is 11.8 Å². The van der Waals surface area contributed by atoms with Gasteiger partial charge in [0.15, 0.2) is 0 Å². The molecule has 1 saturated heterocycles. The molecule has 0 aromatic rings. The van der Waals surface area contributed by atoms with E-state index in [2.05, 4.69) is 12.2 Å². The molecule has 0 radical (unpaired) electrons. The molecular weight excluding hydrogens is 134 g/mol. The first kappa shape index (κ1) is 7.36. The maximum atomic E-state index is 5.62. The molecule has 2 atom stereocenters. The van der Waals surface area contributed by atoms with Crippen molar-refractivity contribution in [3.63, 3.8) is 0 Å². The van der Waals surface area contributed by atoms with Crippen molar-refractivity contribution in [3.05, 3.63) is 0 Å². The zero-order valence-electron chi connectivity index (χ0n) is 5.86. The van der Waals surface area contributed by atoms with Gasteiger partial charge in [-0.1, -0.05) is 0 Å². The van der Waals surface area contributed by atoms with E-state index in [1.807, 2.05) is 0 Å². The van der Waals surface area contributed by atoms with Crippen LogP contribution in [-0.2, 0) is 0 Å². The Morgan fingerprint density at radius 1 is 1.67 bits per heavy atom. The fourth-order valence-electron chi connectivity index (χ4n) is 1.45. The highest BCUT2D eigenvalue weighted by molar-refractivity contribution is 6.17. The molecule has 0 aromatic heterocycles. The molecule has 1 heterocycles. The molecule has 1 N–H and O–H groups in total. The second-order valence-corrected chi connectivity index (χ2v) is 3.15. The number of hydrogen-bond donors (Lipinski definition) is 1. The molecule has 0 saturated carbocycles. The van der Waals surface area contributed by atoms with Gasteiger partial charge in [0.2, 0.25) is 0 Å². The summed E-state index contributed by atoms with van der Waals surface area (Å²) in [4.78, 5) is 0. The van der Waals surface area contributed by atoms with Crippen molar-refractivity contribution >= 4 is 11.6 Å². The van der Waals surface area contributed by atoms with Crippen LogP contribution >= 0.6 is 11.6 Å². The van der Waals surface area contributed by atoms with Crippen LogP contribution < -0.4 is 5.32 Å². The lowest BCUT2D eigenvalue weighted by Gasteiger charge is -2.11. The Morgan fingerprint density at radius 3 is 2.89 bits per heavy atom. The molecule has 54 valence electrons. The summed E-state index contributed by atoms with van der Waals surface area (Å²) in [6.07, 6.45) is 2.49. The topological polar surface area (TPSA) is 12.0 Å². The number of halogens is 1. The Bertz CT molecular complexity index is 85.0. The largest absolute Gasteiger partial charge is 0.314 e. The van der Waals surface area contributed by atoms with E-state index in [-0.39, 0.29) is 0 Å². The Kier molecular flexibility index (Phi) is 2.80. The fourth-order valence-corrected chi connectivity index (χ4v) is 1.73. The summed E-state index contributed by atoms with van der Waals surface area (Å²) in [7, 11) is 0. The Morgan fingerprint density at radius 2 is 2.44 bits per heavy atom. The average molecular weight is 148 g/mol. The summed E-state index contributed by atoms with van der Waals surface area (Å²) in [5, 5.41) is 3.40. The quantitative estimate of drug-likeness (QED) is 0.586. The fraction of sp³-hybridized carbons (Fsp3) is 1.00. The summed E-state index contributed by atoms with van der Waals surface area (Å²) in [6.45, 7) is 3.42. The molecule has 0 spiro atoms. The third-order valence-corrected chi connectivity index (χ3v) is 2.39. The van der Waals surface area contributed by atoms with Crippen molar-refractivity contribution in [2.75, 3.05) is 12.4 Å². The third-order valence-electron chi connectivity index (χ3n) is 2.17. The summed E-state index contributed by atoms with van der Waals surface area (Å²) in [6, 6.07) is 0.698. The van der Waals surface area contributed by atoms with Crippen LogP contribution in [0.15, 0.2) is 0 Å². The Labute approximate surface area is 61.8 Å². The van der Waals surface area contributed by atoms with Crippen LogP contribution in [0.3, 0.4) is 0 Å². The van der Waals surface area contributed by atoms with Gasteiger partial charge in [0.25, 0.3) is 0 Å². The van der Waals surface area contributed by atoms with Gasteiger partial charge >= 0.3 is 0 Å². The minimum absolute atomic E-state index is 0.698. The highest BCUT2D eigenvalue weighted by Gasteiger charge is 2.21. The molecule has 1 rings (SSSR count). The van der Waals surface area contributed by atoms with Crippen LogP contribution in [0.2, 0.25) is 0 Å². The Balaban J connectivity index is 2.22. The number of hydrogen-bond acceptors (Lipinski definition) is 1. The van der Waals surface area contributed by atoms with E-state index in [9.17, 15) is 0 Å². The van der Waals surface area contributed by atoms with E-state index < -0.39 is 0 Å². The summed E-state index contributed by atoms with van der Waals surface area (Å²) >= 11 is 5.62. The maximum Gasteiger partial charge on any atom is 0.0226 e. The summed E-state index contributed by atoms with van der Waals surface area (Å²) in [5.41, 5.74) is 0. The van der Waals surface area contributed by atoms with Crippen LogP contribution in [0, 0.1) is 5.92 Å². The smallest absolute Gasteiger partial charge is 0.0226 e. The van der Waals surface area contributed by atoms with E-state index in [4.69, 9.17) is 11.6 Å². The number of nitrogens with one attached hydrogen (secondary N) is 1. The monoisotopic (exact) mass is 147 g/mol. The predicted molar refractivity (Wildman–Crippen MR) is 40.9 cm³/mol. The molecule has 9 heavy (non-hydrogen) atoms. The highest BCUT2D eigenvalue weighted by Crippen LogP contribution is 2.18. The van der Waals surface area contributed by atoms with Crippen LogP contribution in [0.4, 0.5) is 0 Å². The molecule has 0 aliphatic carbocycles. The molecule has 1 aliphatic rings. The SMILES string of the molecule is CC1NCCC1CCCl. The van der Waals surface area contributed by atoms with Crippen molar-refractivity contribution in [1.82, 2.24) is 5.32 Å². The average Bonchev–Trinajstić information content (AvgIpc) is 2.18. The molecule has 1 fully saturated rings. The molecular formula is C7H14ClN. The van der Waals surface area contributed by atoms with Gasteiger partial charge in [0, 0.05) is 11.9 Å². The van der Waals surface area contributed by atoms with E-state index in [1.165, 1.54) is 19.4 Å². The van der Waals surface area contributed by atoms with Gasteiger partial charge in [-0.25, -0.2) is 0 Å². The minimum Gasteiger partial charge on any atom is -0.314 e. The predicted octanol–water partition coefficient (Wildman–Crippen LogP) is 1.61. The summed E-state index contributed by atoms with van der Waals surface area (Å²) < 4.78 is 0. The zero-order valence-corrected chi connectivity index (χ0v) is 6.62. The molecule has 1 aliphatic heterocycles. The van der Waals surface area contributed by atoms with Gasteiger partial charge in [-0.2, -0.15) is 0 Å². The van der Waals surface area contributed by atoms with Crippen LogP contribution in [0.5, 0.6) is 0 Å². The van der Waals surface area contributed by atoms with Crippen molar-refractivity contribution in [1.29, 1.82) is 0 Å².